The van der Waals surface area contributed by atoms with Crippen LogP contribution in [0.5, 0.6) is 0 Å². The van der Waals surface area contributed by atoms with Crippen LogP contribution in [0.3, 0.4) is 0 Å². The fraction of sp³-hybridized carbons (Fsp3) is 0.107. The average Bonchev–Trinajstić information content (AvgIpc) is 2.87. The van der Waals surface area contributed by atoms with Crippen LogP contribution in [0, 0.1) is 11.6 Å². The van der Waals surface area contributed by atoms with Crippen LogP contribution < -0.4 is 16.6 Å². The number of nitrogens with zero attached hydrogens (tertiary/aromatic N) is 1. The maximum atomic E-state index is 14.2. The minimum absolute atomic E-state index is 0.110. The van der Waals surface area contributed by atoms with Crippen molar-refractivity contribution in [3.05, 3.63) is 129 Å². The van der Waals surface area contributed by atoms with Gasteiger partial charge in [-0.1, -0.05) is 42.5 Å². The Bertz CT molecular complexity index is 1500. The number of anilines is 1. The van der Waals surface area contributed by atoms with Gasteiger partial charge in [0, 0.05) is 18.7 Å². The number of hydrogen-bond acceptors (Lipinski definition) is 5. The summed E-state index contributed by atoms with van der Waals surface area (Å²) in [7, 11) is 0. The number of halogens is 2. The zero-order valence-electron chi connectivity index (χ0n) is 19.5. The van der Waals surface area contributed by atoms with Gasteiger partial charge < -0.3 is 16.2 Å². The first-order valence-corrected chi connectivity index (χ1v) is 11.4. The molecule has 7 nitrogen and oxygen atoms in total. The predicted molar refractivity (Wildman–Crippen MR) is 135 cm³/mol. The average molecular weight is 504 g/mol. The number of nitrogens with two attached hydrogens (primary N) is 1. The van der Waals surface area contributed by atoms with Crippen LogP contribution in [0.25, 0.3) is 5.69 Å². The van der Waals surface area contributed by atoms with E-state index in [0.717, 1.165) is 33.9 Å². The van der Waals surface area contributed by atoms with Gasteiger partial charge in [-0.25, -0.2) is 8.78 Å². The van der Waals surface area contributed by atoms with E-state index in [0.29, 0.717) is 18.2 Å². The van der Waals surface area contributed by atoms with Gasteiger partial charge >= 0.3 is 5.97 Å². The van der Waals surface area contributed by atoms with Gasteiger partial charge in [-0.2, -0.15) is 0 Å². The second-order valence-electron chi connectivity index (χ2n) is 8.39. The Labute approximate surface area is 210 Å². The van der Waals surface area contributed by atoms with Gasteiger partial charge in [-0.15, -0.1) is 0 Å². The van der Waals surface area contributed by atoms with Crippen LogP contribution in [0.2, 0.25) is 0 Å². The highest BCUT2D eigenvalue weighted by Crippen LogP contribution is 2.21. The Hall–Kier alpha value is -4.63. The fourth-order valence-electron chi connectivity index (χ4n) is 3.93. The standard InChI is InChI=1S/C28H23F2N3O4/c29-19-8-11-21(23(30)15-19)26(35)22-12-13-25(34)33(27(22)31)20-9-6-18(7-10-20)16-32-24(28(36)37)14-17-4-2-1-3-5-17/h1-13,15,24,32H,14,16,31H2,(H,36,37). The maximum absolute atomic E-state index is 14.2. The van der Waals surface area contributed by atoms with Crippen LogP contribution in [-0.4, -0.2) is 27.5 Å². The number of aliphatic carboxylic acids is 1. The summed E-state index contributed by atoms with van der Waals surface area (Å²) in [6.07, 6.45) is 0.315. The first-order valence-electron chi connectivity index (χ1n) is 11.4. The lowest BCUT2D eigenvalue weighted by Crippen LogP contribution is -2.38. The number of carboxylic acids is 1. The van der Waals surface area contributed by atoms with Crippen LogP contribution in [0.4, 0.5) is 14.6 Å². The summed E-state index contributed by atoms with van der Waals surface area (Å²) in [6.45, 7) is 0.261. The summed E-state index contributed by atoms with van der Waals surface area (Å²) in [5.74, 6) is -3.82. The second kappa shape index (κ2) is 11.0. The molecule has 0 radical (unpaired) electrons. The molecule has 4 rings (SSSR count). The van der Waals surface area contributed by atoms with E-state index in [1.807, 2.05) is 30.3 Å². The molecule has 188 valence electrons. The zero-order chi connectivity index (χ0) is 26.5. The smallest absolute Gasteiger partial charge is 0.321 e. The minimum Gasteiger partial charge on any atom is -0.480 e. The fourth-order valence-corrected chi connectivity index (χ4v) is 3.93. The molecule has 0 amide bonds. The number of nitrogens with one attached hydrogen (secondary N) is 1. The summed E-state index contributed by atoms with van der Waals surface area (Å²) >= 11 is 0. The summed E-state index contributed by atoms with van der Waals surface area (Å²) in [5.41, 5.74) is 7.17. The van der Waals surface area contributed by atoms with Gasteiger partial charge in [0.25, 0.3) is 5.56 Å². The molecule has 0 fully saturated rings. The quantitative estimate of drug-likeness (QED) is 0.300. The lowest BCUT2D eigenvalue weighted by molar-refractivity contribution is -0.139. The highest BCUT2D eigenvalue weighted by atomic mass is 19.1. The highest BCUT2D eigenvalue weighted by Gasteiger charge is 2.20. The molecule has 1 heterocycles. The van der Waals surface area contributed by atoms with Gasteiger partial charge in [-0.3, -0.25) is 19.0 Å². The molecule has 0 aliphatic carbocycles. The van der Waals surface area contributed by atoms with Gasteiger partial charge in [0.15, 0.2) is 5.78 Å². The summed E-state index contributed by atoms with van der Waals surface area (Å²) in [5, 5.41) is 12.6. The molecule has 0 aliphatic rings. The first-order chi connectivity index (χ1) is 17.7. The van der Waals surface area contributed by atoms with Crippen molar-refractivity contribution in [2.24, 2.45) is 0 Å². The molecule has 1 unspecified atom stereocenters. The van der Waals surface area contributed by atoms with E-state index in [1.54, 1.807) is 24.3 Å². The molecule has 3 aromatic carbocycles. The third-order valence-electron chi connectivity index (χ3n) is 5.88. The van der Waals surface area contributed by atoms with E-state index in [4.69, 9.17) is 5.73 Å². The van der Waals surface area contributed by atoms with E-state index < -0.39 is 35.0 Å². The summed E-state index contributed by atoms with van der Waals surface area (Å²) in [4.78, 5) is 37.1. The van der Waals surface area contributed by atoms with Crippen molar-refractivity contribution in [3.63, 3.8) is 0 Å². The second-order valence-corrected chi connectivity index (χ2v) is 8.39. The lowest BCUT2D eigenvalue weighted by atomic mass is 10.0. The van der Waals surface area contributed by atoms with Gasteiger partial charge in [0.05, 0.1) is 16.8 Å². The Morgan fingerprint density at radius 3 is 2.22 bits per heavy atom. The van der Waals surface area contributed by atoms with E-state index >= 15 is 0 Å². The third-order valence-corrected chi connectivity index (χ3v) is 5.88. The number of pyridine rings is 1. The number of carbonyl (C=O) groups is 2. The zero-order valence-corrected chi connectivity index (χ0v) is 19.5. The van der Waals surface area contributed by atoms with Crippen molar-refractivity contribution in [2.45, 2.75) is 19.0 Å². The first kappa shape index (κ1) is 25.5. The van der Waals surface area contributed by atoms with Crippen LogP contribution in [0.15, 0.2) is 89.7 Å². The van der Waals surface area contributed by atoms with Gasteiger partial charge in [0.1, 0.15) is 23.5 Å². The van der Waals surface area contributed by atoms with Crippen LogP contribution in [-0.2, 0) is 17.8 Å². The SMILES string of the molecule is Nc1c(C(=O)c2ccc(F)cc2F)ccc(=O)n1-c1ccc(CNC(Cc2ccccc2)C(=O)O)cc1. The van der Waals surface area contributed by atoms with E-state index in [1.165, 1.54) is 6.07 Å². The van der Waals surface area contributed by atoms with Crippen molar-refractivity contribution in [1.82, 2.24) is 9.88 Å². The number of hydrogen-bond donors (Lipinski definition) is 3. The summed E-state index contributed by atoms with van der Waals surface area (Å²) in [6, 6.07) is 20.0. The number of aromatic nitrogens is 1. The number of nitrogen functional groups attached to an aromatic ring is 1. The molecule has 0 bridgehead atoms. The molecule has 0 saturated heterocycles. The molecule has 1 aromatic heterocycles. The molecule has 4 N–H and O–H groups in total. The predicted octanol–water partition coefficient (Wildman–Crippen LogP) is 3.71. The van der Waals surface area contributed by atoms with Gasteiger partial charge in [-0.05, 0) is 47.9 Å². The molecule has 0 saturated carbocycles. The van der Waals surface area contributed by atoms with Crippen LogP contribution >= 0.6 is 0 Å². The van der Waals surface area contributed by atoms with Crippen molar-refractivity contribution in [2.75, 3.05) is 5.73 Å². The molecule has 37 heavy (non-hydrogen) atoms. The maximum Gasteiger partial charge on any atom is 0.321 e. The van der Waals surface area contributed by atoms with Gasteiger partial charge in [0.2, 0.25) is 0 Å². The Balaban J connectivity index is 1.54. The number of rotatable bonds is 9. The number of carboxylic acid groups (broad SMARTS) is 1. The van der Waals surface area contributed by atoms with E-state index in [2.05, 4.69) is 5.32 Å². The Morgan fingerprint density at radius 1 is 0.892 bits per heavy atom. The molecule has 0 spiro atoms. The molecular weight excluding hydrogens is 480 g/mol. The van der Waals surface area contributed by atoms with Crippen molar-refractivity contribution >= 4 is 17.6 Å². The van der Waals surface area contributed by atoms with E-state index in [-0.39, 0.29) is 23.5 Å². The summed E-state index contributed by atoms with van der Waals surface area (Å²) < 4.78 is 28.5. The molecule has 9 heteroatoms. The monoisotopic (exact) mass is 503 g/mol. The largest absolute Gasteiger partial charge is 0.480 e. The Morgan fingerprint density at radius 2 is 1.57 bits per heavy atom. The minimum atomic E-state index is -1.04. The van der Waals surface area contributed by atoms with Crippen molar-refractivity contribution < 1.29 is 23.5 Å². The third kappa shape index (κ3) is 5.79. The highest BCUT2D eigenvalue weighted by molar-refractivity contribution is 6.11. The molecule has 4 aromatic rings. The van der Waals surface area contributed by atoms with Crippen molar-refractivity contribution in [3.8, 4) is 5.69 Å². The van der Waals surface area contributed by atoms with Crippen LogP contribution in [0.1, 0.15) is 27.0 Å². The van der Waals surface area contributed by atoms with Crippen molar-refractivity contribution in [1.29, 1.82) is 0 Å². The topological polar surface area (TPSA) is 114 Å². The number of carbonyl (C=O) groups excluding carboxylic acids is 1. The molecule has 0 aliphatic heterocycles. The molecule has 1 atom stereocenters. The number of ketones is 1. The molecular formula is C28H23F2N3O4. The lowest BCUT2D eigenvalue weighted by Gasteiger charge is -2.16. The number of benzene rings is 3. The Kier molecular flexibility index (Phi) is 7.55. The normalized spacial score (nSPS) is 11.7. The van der Waals surface area contributed by atoms with E-state index in [9.17, 15) is 28.3 Å².